The van der Waals surface area contributed by atoms with E-state index in [1.165, 1.54) is 0 Å². The van der Waals surface area contributed by atoms with Gasteiger partial charge in [-0.05, 0) is 38.1 Å². The fourth-order valence-electron chi connectivity index (χ4n) is 4.30. The Bertz CT molecular complexity index is 1230. The number of rotatable bonds is 2. The molecule has 1 aliphatic rings. The van der Waals surface area contributed by atoms with Crippen molar-refractivity contribution < 1.29 is 4.74 Å². The first-order chi connectivity index (χ1) is 14.0. The summed E-state index contributed by atoms with van der Waals surface area (Å²) >= 11 is 0. The van der Waals surface area contributed by atoms with Gasteiger partial charge in [-0.15, -0.1) is 0 Å². The number of anilines is 2. The molecule has 5 rings (SSSR count). The lowest BCUT2D eigenvalue weighted by Gasteiger charge is -2.37. The van der Waals surface area contributed by atoms with Gasteiger partial charge in [-0.3, -0.25) is 4.79 Å². The predicted molar refractivity (Wildman–Crippen MR) is 116 cm³/mol. The third-order valence-corrected chi connectivity index (χ3v) is 5.44. The Labute approximate surface area is 167 Å². The number of hydrogen-bond acceptors (Lipinski definition) is 5. The van der Waals surface area contributed by atoms with E-state index in [-0.39, 0.29) is 17.8 Å². The number of nitrogens with zero attached hydrogens (tertiary/aromatic N) is 2. The van der Waals surface area contributed by atoms with Crippen LogP contribution in [0.1, 0.15) is 13.8 Å². The highest BCUT2D eigenvalue weighted by Crippen LogP contribution is 2.35. The lowest BCUT2D eigenvalue weighted by molar-refractivity contribution is -0.00513. The van der Waals surface area contributed by atoms with E-state index < -0.39 is 0 Å². The molecule has 148 valence electrons. The van der Waals surface area contributed by atoms with Gasteiger partial charge in [0.15, 0.2) is 0 Å². The molecule has 0 amide bonds. The van der Waals surface area contributed by atoms with E-state index in [1.54, 1.807) is 0 Å². The fourth-order valence-corrected chi connectivity index (χ4v) is 4.30. The molecule has 7 heteroatoms. The maximum Gasteiger partial charge on any atom is 0.261 e. The third-order valence-electron chi connectivity index (χ3n) is 5.44. The summed E-state index contributed by atoms with van der Waals surface area (Å²) in [6.45, 7) is 5.67. The summed E-state index contributed by atoms with van der Waals surface area (Å²) in [5.41, 5.74) is 10.5. The number of pyridine rings is 1. The SMILES string of the molecule is C[C@@H]1CN(c2cccc3[nH]c(=O)c(-c4nc5ccccc5[nH]4)c(N)c23)C[C@H](C)O1. The molecule has 7 nitrogen and oxygen atoms in total. The summed E-state index contributed by atoms with van der Waals surface area (Å²) in [6.07, 6.45) is 0.237. The predicted octanol–water partition coefficient (Wildman–Crippen LogP) is 3.27. The minimum atomic E-state index is -0.255. The second-order valence-electron chi connectivity index (χ2n) is 7.71. The minimum absolute atomic E-state index is 0.118. The van der Waals surface area contributed by atoms with E-state index in [2.05, 4.69) is 33.7 Å². The molecule has 1 aliphatic heterocycles. The number of para-hydroxylation sites is 2. The standard InChI is InChI=1S/C22H23N5O2/c1-12-10-27(11-13(2)29-12)17-9-5-8-16-18(17)20(23)19(22(28)26-16)21-24-14-6-3-4-7-15(14)25-21/h3-9,12-13H,10-11H2,1-2H3,(H,24,25)(H3,23,26,28)/t12-,13+. The molecule has 4 aromatic rings. The van der Waals surface area contributed by atoms with Crippen molar-refractivity contribution in [3.63, 3.8) is 0 Å². The van der Waals surface area contributed by atoms with Gasteiger partial charge in [-0.2, -0.15) is 0 Å². The van der Waals surface area contributed by atoms with Crippen LogP contribution in [0.2, 0.25) is 0 Å². The summed E-state index contributed by atoms with van der Waals surface area (Å²) < 4.78 is 5.88. The highest BCUT2D eigenvalue weighted by molar-refractivity contribution is 6.05. The molecule has 3 heterocycles. The molecule has 1 saturated heterocycles. The lowest BCUT2D eigenvalue weighted by atomic mass is 10.0. The molecule has 2 aromatic carbocycles. The molecule has 0 spiro atoms. The minimum Gasteiger partial charge on any atom is -0.397 e. The van der Waals surface area contributed by atoms with E-state index in [4.69, 9.17) is 10.5 Å². The van der Waals surface area contributed by atoms with Crippen molar-refractivity contribution in [2.45, 2.75) is 26.1 Å². The van der Waals surface area contributed by atoms with Gasteiger partial charge in [0.1, 0.15) is 11.4 Å². The van der Waals surface area contributed by atoms with Gasteiger partial charge in [-0.25, -0.2) is 4.98 Å². The van der Waals surface area contributed by atoms with Crippen LogP contribution in [0.3, 0.4) is 0 Å². The molecule has 0 unspecified atom stereocenters. The molecule has 2 aromatic heterocycles. The molecule has 0 radical (unpaired) electrons. The van der Waals surface area contributed by atoms with Crippen LogP contribution in [0.5, 0.6) is 0 Å². The molecule has 29 heavy (non-hydrogen) atoms. The molecular weight excluding hydrogens is 366 g/mol. The van der Waals surface area contributed by atoms with Crippen molar-refractivity contribution in [2.24, 2.45) is 0 Å². The van der Waals surface area contributed by atoms with Crippen LogP contribution in [0, 0.1) is 0 Å². The van der Waals surface area contributed by atoms with Crippen LogP contribution >= 0.6 is 0 Å². The van der Waals surface area contributed by atoms with Crippen molar-refractivity contribution >= 4 is 33.3 Å². The first-order valence-corrected chi connectivity index (χ1v) is 9.81. The zero-order valence-corrected chi connectivity index (χ0v) is 16.4. The monoisotopic (exact) mass is 389 g/mol. The smallest absolute Gasteiger partial charge is 0.261 e. The number of fused-ring (bicyclic) bond motifs is 2. The molecule has 0 saturated carbocycles. The zero-order chi connectivity index (χ0) is 20.1. The summed E-state index contributed by atoms with van der Waals surface area (Å²) in [5, 5.41) is 0.837. The summed E-state index contributed by atoms with van der Waals surface area (Å²) in [4.78, 5) is 26.0. The molecule has 0 aliphatic carbocycles. The Morgan fingerprint density at radius 1 is 1.03 bits per heavy atom. The number of nitrogens with one attached hydrogen (secondary N) is 2. The second-order valence-corrected chi connectivity index (χ2v) is 7.71. The summed E-state index contributed by atoms with van der Waals surface area (Å²) in [5.74, 6) is 0.477. The van der Waals surface area contributed by atoms with Crippen molar-refractivity contribution in [2.75, 3.05) is 23.7 Å². The maximum atomic E-state index is 12.9. The summed E-state index contributed by atoms with van der Waals surface area (Å²) in [7, 11) is 0. The highest BCUT2D eigenvalue weighted by atomic mass is 16.5. The molecule has 1 fully saturated rings. The number of nitrogen functional groups attached to an aromatic ring is 1. The van der Waals surface area contributed by atoms with E-state index >= 15 is 0 Å². The maximum absolute atomic E-state index is 12.9. The number of hydrogen-bond donors (Lipinski definition) is 3. The van der Waals surface area contributed by atoms with Crippen LogP contribution in [0.25, 0.3) is 33.3 Å². The number of morpholine rings is 1. The Morgan fingerprint density at radius 2 is 1.76 bits per heavy atom. The second kappa shape index (κ2) is 6.63. The number of ether oxygens (including phenoxy) is 1. The van der Waals surface area contributed by atoms with Gasteiger partial charge in [-0.1, -0.05) is 18.2 Å². The zero-order valence-electron chi connectivity index (χ0n) is 16.4. The van der Waals surface area contributed by atoms with Gasteiger partial charge in [0, 0.05) is 24.2 Å². The highest BCUT2D eigenvalue weighted by Gasteiger charge is 2.25. The van der Waals surface area contributed by atoms with Gasteiger partial charge in [0.05, 0.1) is 34.4 Å². The Balaban J connectivity index is 1.73. The Hall–Kier alpha value is -3.32. The quantitative estimate of drug-likeness (QED) is 0.489. The Kier molecular flexibility index (Phi) is 4.06. The van der Waals surface area contributed by atoms with Gasteiger partial charge in [0.2, 0.25) is 0 Å². The van der Waals surface area contributed by atoms with Crippen LogP contribution in [0.15, 0.2) is 47.3 Å². The average molecular weight is 389 g/mol. The number of aromatic nitrogens is 3. The lowest BCUT2D eigenvalue weighted by Crippen LogP contribution is -2.45. The van der Waals surface area contributed by atoms with Crippen LogP contribution in [0.4, 0.5) is 11.4 Å². The number of H-pyrrole nitrogens is 2. The van der Waals surface area contributed by atoms with Crippen molar-refractivity contribution in [3.05, 3.63) is 52.8 Å². The van der Waals surface area contributed by atoms with Crippen LogP contribution in [-0.4, -0.2) is 40.2 Å². The van der Waals surface area contributed by atoms with Gasteiger partial charge in [0.25, 0.3) is 5.56 Å². The van der Waals surface area contributed by atoms with Crippen LogP contribution in [-0.2, 0) is 4.74 Å². The van der Waals surface area contributed by atoms with Gasteiger partial charge < -0.3 is 25.3 Å². The molecular formula is C22H23N5O2. The number of aromatic amines is 2. The topological polar surface area (TPSA) is 100 Å². The fraction of sp³-hybridized carbons (Fsp3) is 0.273. The van der Waals surface area contributed by atoms with E-state index in [0.29, 0.717) is 17.1 Å². The summed E-state index contributed by atoms with van der Waals surface area (Å²) in [6, 6.07) is 13.5. The van der Waals surface area contributed by atoms with E-state index in [9.17, 15) is 4.79 Å². The average Bonchev–Trinajstić information content (AvgIpc) is 3.10. The van der Waals surface area contributed by atoms with Crippen molar-refractivity contribution in [3.8, 4) is 11.4 Å². The number of imidazole rings is 1. The van der Waals surface area contributed by atoms with Gasteiger partial charge >= 0.3 is 0 Å². The first-order valence-electron chi connectivity index (χ1n) is 9.81. The number of benzene rings is 2. The Morgan fingerprint density at radius 3 is 2.52 bits per heavy atom. The number of nitrogens with two attached hydrogens (primary N) is 1. The van der Waals surface area contributed by atoms with Crippen molar-refractivity contribution in [1.29, 1.82) is 0 Å². The van der Waals surface area contributed by atoms with Crippen LogP contribution < -0.4 is 16.2 Å². The normalized spacial score (nSPS) is 19.9. The molecule has 4 N–H and O–H groups in total. The third kappa shape index (κ3) is 2.94. The molecule has 2 atom stereocenters. The van der Waals surface area contributed by atoms with Crippen molar-refractivity contribution in [1.82, 2.24) is 15.0 Å². The first kappa shape index (κ1) is 17.8. The van der Waals surface area contributed by atoms with E-state index in [1.807, 2.05) is 42.5 Å². The molecule has 0 bridgehead atoms. The van der Waals surface area contributed by atoms with E-state index in [0.717, 1.165) is 40.7 Å². The largest absolute Gasteiger partial charge is 0.397 e.